The van der Waals surface area contributed by atoms with Crippen molar-refractivity contribution in [3.05, 3.63) is 71.8 Å². The molecule has 2 amide bonds. The van der Waals surface area contributed by atoms with Crippen molar-refractivity contribution < 1.29 is 19.1 Å². The molecule has 166 valence electrons. The van der Waals surface area contributed by atoms with Crippen LogP contribution in [0, 0.1) is 0 Å². The zero-order valence-corrected chi connectivity index (χ0v) is 18.0. The zero-order valence-electron chi connectivity index (χ0n) is 18.0. The van der Waals surface area contributed by atoms with Gasteiger partial charge in [0.15, 0.2) is 0 Å². The molecule has 0 fully saturated rings. The van der Waals surface area contributed by atoms with Gasteiger partial charge in [0, 0.05) is 12.0 Å². The van der Waals surface area contributed by atoms with Crippen LogP contribution in [-0.4, -0.2) is 43.5 Å². The second kappa shape index (κ2) is 12.5. The Morgan fingerprint density at radius 1 is 0.968 bits per heavy atom. The lowest BCUT2D eigenvalue weighted by Crippen LogP contribution is -2.52. The summed E-state index contributed by atoms with van der Waals surface area (Å²) in [4.78, 5) is 36.1. The Morgan fingerprint density at radius 3 is 2.00 bits per heavy atom. The SMILES string of the molecule is COC(=O)NC(C(=O)NC(C)CCCC(N)C=O)C(c1ccccc1)c1ccccc1. The van der Waals surface area contributed by atoms with Crippen molar-refractivity contribution in [2.24, 2.45) is 5.73 Å². The van der Waals surface area contributed by atoms with Crippen molar-refractivity contribution in [2.75, 3.05) is 7.11 Å². The summed E-state index contributed by atoms with van der Waals surface area (Å²) >= 11 is 0. The minimum Gasteiger partial charge on any atom is -0.453 e. The van der Waals surface area contributed by atoms with Crippen LogP contribution in [0.15, 0.2) is 60.7 Å². The zero-order chi connectivity index (χ0) is 22.6. The number of benzene rings is 2. The lowest BCUT2D eigenvalue weighted by molar-refractivity contribution is -0.124. The molecular weight excluding hydrogens is 394 g/mol. The number of amides is 2. The van der Waals surface area contributed by atoms with Crippen molar-refractivity contribution in [2.45, 2.75) is 50.2 Å². The number of nitrogens with one attached hydrogen (secondary N) is 2. The van der Waals surface area contributed by atoms with E-state index in [9.17, 15) is 14.4 Å². The molecule has 4 N–H and O–H groups in total. The quantitative estimate of drug-likeness (QED) is 0.480. The average molecular weight is 426 g/mol. The van der Waals surface area contributed by atoms with Crippen molar-refractivity contribution in [3.8, 4) is 0 Å². The third-order valence-electron chi connectivity index (χ3n) is 5.13. The molecule has 2 aromatic carbocycles. The first-order valence-electron chi connectivity index (χ1n) is 10.4. The average Bonchev–Trinajstić information content (AvgIpc) is 2.79. The first-order chi connectivity index (χ1) is 15.0. The Morgan fingerprint density at radius 2 is 1.52 bits per heavy atom. The first kappa shape index (κ1) is 24.1. The Hall–Kier alpha value is -3.19. The van der Waals surface area contributed by atoms with Crippen LogP contribution >= 0.6 is 0 Å². The molecule has 31 heavy (non-hydrogen) atoms. The molecule has 0 saturated carbocycles. The fraction of sp³-hybridized carbons (Fsp3) is 0.375. The molecular formula is C24H31N3O4. The molecule has 0 radical (unpaired) electrons. The lowest BCUT2D eigenvalue weighted by Gasteiger charge is -2.29. The summed E-state index contributed by atoms with van der Waals surface area (Å²) in [5.41, 5.74) is 7.43. The van der Waals surface area contributed by atoms with Crippen molar-refractivity contribution in [3.63, 3.8) is 0 Å². The maximum absolute atomic E-state index is 13.3. The number of hydrogen-bond donors (Lipinski definition) is 3. The molecule has 0 aliphatic carbocycles. The fourth-order valence-electron chi connectivity index (χ4n) is 3.52. The van der Waals surface area contributed by atoms with Gasteiger partial charge in [-0.05, 0) is 37.3 Å². The Bertz CT molecular complexity index is 790. The molecule has 3 unspecified atom stereocenters. The topological polar surface area (TPSA) is 111 Å². The van der Waals surface area contributed by atoms with Gasteiger partial charge < -0.3 is 25.9 Å². The van der Waals surface area contributed by atoms with E-state index < -0.39 is 24.1 Å². The van der Waals surface area contributed by atoms with Gasteiger partial charge in [0.05, 0.1) is 13.2 Å². The van der Waals surface area contributed by atoms with Crippen LogP contribution in [0.5, 0.6) is 0 Å². The van der Waals surface area contributed by atoms with Gasteiger partial charge in [0.25, 0.3) is 0 Å². The van der Waals surface area contributed by atoms with Crippen LogP contribution in [0.25, 0.3) is 0 Å². The molecule has 0 aromatic heterocycles. The maximum atomic E-state index is 13.3. The normalized spacial score (nSPS) is 13.7. The molecule has 2 rings (SSSR count). The van der Waals surface area contributed by atoms with Gasteiger partial charge in [-0.1, -0.05) is 60.7 Å². The number of ether oxygens (including phenoxy) is 1. The number of methoxy groups -OCH3 is 1. The summed E-state index contributed by atoms with van der Waals surface area (Å²) in [7, 11) is 1.27. The standard InChI is InChI=1S/C24H31N3O4/c1-17(10-9-15-20(25)16-28)26-23(29)22(27-24(30)31-2)21(18-11-5-3-6-12-18)19-13-7-4-8-14-19/h3-8,11-14,16-17,20-22H,9-10,15,25H2,1-2H3,(H,26,29)(H,27,30). The van der Waals surface area contributed by atoms with Gasteiger partial charge in [-0.25, -0.2) is 4.79 Å². The van der Waals surface area contributed by atoms with Crippen LogP contribution in [0.1, 0.15) is 43.2 Å². The number of carbonyl (C=O) groups is 3. The highest BCUT2D eigenvalue weighted by Gasteiger charge is 2.33. The number of carbonyl (C=O) groups excluding carboxylic acids is 3. The molecule has 0 bridgehead atoms. The van der Waals surface area contributed by atoms with Gasteiger partial charge >= 0.3 is 6.09 Å². The molecule has 0 spiro atoms. The van der Waals surface area contributed by atoms with Gasteiger partial charge in [-0.3, -0.25) is 4.79 Å². The molecule has 3 atom stereocenters. The summed E-state index contributed by atoms with van der Waals surface area (Å²) < 4.78 is 4.78. The van der Waals surface area contributed by atoms with Crippen LogP contribution in [-0.2, 0) is 14.3 Å². The van der Waals surface area contributed by atoms with E-state index in [1.165, 1.54) is 7.11 Å². The molecule has 0 aliphatic rings. The summed E-state index contributed by atoms with van der Waals surface area (Å²) in [6.45, 7) is 1.89. The Labute approximate surface area is 183 Å². The van der Waals surface area contributed by atoms with Gasteiger partial charge in [-0.2, -0.15) is 0 Å². The minimum atomic E-state index is -0.878. The minimum absolute atomic E-state index is 0.152. The highest BCUT2D eigenvalue weighted by Crippen LogP contribution is 2.28. The summed E-state index contributed by atoms with van der Waals surface area (Å²) in [6.07, 6.45) is 1.98. The highest BCUT2D eigenvalue weighted by molar-refractivity contribution is 5.87. The molecule has 7 nitrogen and oxygen atoms in total. The van der Waals surface area contributed by atoms with E-state index in [2.05, 4.69) is 10.6 Å². The first-order valence-corrected chi connectivity index (χ1v) is 10.4. The van der Waals surface area contributed by atoms with Gasteiger partial charge in [0.2, 0.25) is 5.91 Å². The molecule has 7 heteroatoms. The van der Waals surface area contributed by atoms with Crippen LogP contribution in [0.2, 0.25) is 0 Å². The molecule has 0 heterocycles. The summed E-state index contributed by atoms with van der Waals surface area (Å²) in [5, 5.41) is 5.70. The number of alkyl carbamates (subject to hydrolysis) is 1. The van der Waals surface area contributed by atoms with Crippen molar-refractivity contribution in [1.82, 2.24) is 10.6 Å². The number of nitrogens with two attached hydrogens (primary N) is 1. The maximum Gasteiger partial charge on any atom is 0.407 e. The largest absolute Gasteiger partial charge is 0.453 e. The lowest BCUT2D eigenvalue weighted by atomic mass is 9.84. The highest BCUT2D eigenvalue weighted by atomic mass is 16.5. The van der Waals surface area contributed by atoms with E-state index >= 15 is 0 Å². The van der Waals surface area contributed by atoms with Crippen molar-refractivity contribution >= 4 is 18.3 Å². The Kier molecular flexibility index (Phi) is 9.71. The Balaban J connectivity index is 2.26. The van der Waals surface area contributed by atoms with Gasteiger partial charge in [0.1, 0.15) is 12.3 Å². The monoisotopic (exact) mass is 425 g/mol. The second-order valence-corrected chi connectivity index (χ2v) is 7.55. The molecule has 2 aromatic rings. The van der Waals surface area contributed by atoms with E-state index in [0.29, 0.717) is 19.3 Å². The number of rotatable bonds is 11. The number of aldehydes is 1. The summed E-state index contributed by atoms with van der Waals surface area (Å²) in [5.74, 6) is -0.715. The third kappa shape index (κ3) is 7.53. The fourth-order valence-corrected chi connectivity index (χ4v) is 3.52. The van der Waals surface area contributed by atoms with E-state index in [1.807, 2.05) is 67.6 Å². The van der Waals surface area contributed by atoms with Crippen LogP contribution in [0.4, 0.5) is 4.79 Å². The van der Waals surface area contributed by atoms with Crippen molar-refractivity contribution in [1.29, 1.82) is 0 Å². The molecule has 0 aliphatic heterocycles. The van der Waals surface area contributed by atoms with E-state index in [1.54, 1.807) is 0 Å². The smallest absolute Gasteiger partial charge is 0.407 e. The van der Waals surface area contributed by atoms with Crippen LogP contribution < -0.4 is 16.4 Å². The van der Waals surface area contributed by atoms with E-state index in [-0.39, 0.29) is 11.9 Å². The second-order valence-electron chi connectivity index (χ2n) is 7.55. The molecule has 0 saturated heterocycles. The van der Waals surface area contributed by atoms with E-state index in [0.717, 1.165) is 17.4 Å². The summed E-state index contributed by atoms with van der Waals surface area (Å²) in [6, 6.07) is 17.6. The van der Waals surface area contributed by atoms with E-state index in [4.69, 9.17) is 10.5 Å². The van der Waals surface area contributed by atoms with Crippen LogP contribution in [0.3, 0.4) is 0 Å². The third-order valence-corrected chi connectivity index (χ3v) is 5.13. The predicted octanol–water partition coefficient (Wildman–Crippen LogP) is 2.74. The van der Waals surface area contributed by atoms with Gasteiger partial charge in [-0.15, -0.1) is 0 Å². The predicted molar refractivity (Wildman–Crippen MR) is 120 cm³/mol. The number of hydrogen-bond acceptors (Lipinski definition) is 5.